The molecule has 0 saturated heterocycles. The summed E-state index contributed by atoms with van der Waals surface area (Å²) in [7, 11) is 0. The van der Waals surface area contributed by atoms with Gasteiger partial charge in [-0.1, -0.05) is 11.6 Å². The van der Waals surface area contributed by atoms with Crippen LogP contribution in [0.1, 0.15) is 28.3 Å². The van der Waals surface area contributed by atoms with Crippen molar-refractivity contribution in [3.05, 3.63) is 34.4 Å². The van der Waals surface area contributed by atoms with Gasteiger partial charge in [0, 0.05) is 12.6 Å². The fourth-order valence-electron chi connectivity index (χ4n) is 2.72. The molecule has 3 rings (SSSR count). The minimum absolute atomic E-state index is 0.0357. The smallest absolute Gasteiger partial charge is 0.297 e. The quantitative estimate of drug-likeness (QED) is 0.749. The molecule has 3 heterocycles. The summed E-state index contributed by atoms with van der Waals surface area (Å²) >= 11 is 6.06. The van der Waals surface area contributed by atoms with Crippen LogP contribution in [0.5, 0.6) is 0 Å². The molecule has 0 aliphatic carbocycles. The largest absolute Gasteiger partial charge is 0.364 e. The molecule has 0 aromatic carbocycles. The number of halogens is 5. The summed E-state index contributed by atoms with van der Waals surface area (Å²) < 4.78 is 55.0. The maximum absolute atomic E-state index is 13.3. The van der Waals surface area contributed by atoms with Crippen LogP contribution < -0.4 is 0 Å². The number of aromatic nitrogens is 4. The molecule has 1 N–H and O–H groups in total. The summed E-state index contributed by atoms with van der Waals surface area (Å²) in [5, 5.41) is 21.8. The number of carbonyl (C=O) groups is 1. The van der Waals surface area contributed by atoms with Gasteiger partial charge in [-0.15, -0.1) is 0 Å². The van der Waals surface area contributed by atoms with E-state index in [0.717, 1.165) is 0 Å². The van der Waals surface area contributed by atoms with Gasteiger partial charge in [0.15, 0.2) is 5.69 Å². The number of hydrogen-bond acceptors (Lipinski definition) is 5. The number of hydrogen-bond donors (Lipinski definition) is 1. The van der Waals surface area contributed by atoms with Gasteiger partial charge < -0.3 is 5.11 Å². The van der Waals surface area contributed by atoms with Gasteiger partial charge in [-0.2, -0.15) is 20.3 Å². The van der Waals surface area contributed by atoms with E-state index in [9.17, 15) is 27.5 Å². The molecule has 0 spiro atoms. The Morgan fingerprint density at radius 2 is 2.00 bits per heavy atom. The molecule has 0 bridgehead atoms. The van der Waals surface area contributed by atoms with Gasteiger partial charge in [-0.25, -0.2) is 22.2 Å². The van der Waals surface area contributed by atoms with E-state index in [1.807, 2.05) is 0 Å². The van der Waals surface area contributed by atoms with Crippen LogP contribution in [0.3, 0.4) is 0 Å². The maximum atomic E-state index is 13.3. The minimum atomic E-state index is -3.50. The van der Waals surface area contributed by atoms with Crippen LogP contribution in [0.2, 0.25) is 5.02 Å². The lowest BCUT2D eigenvalue weighted by Crippen LogP contribution is -2.51. The highest BCUT2D eigenvalue weighted by atomic mass is 35.5. The average molecular weight is 423 g/mol. The van der Waals surface area contributed by atoms with E-state index in [2.05, 4.69) is 15.3 Å². The molecule has 28 heavy (non-hydrogen) atoms. The van der Waals surface area contributed by atoms with Gasteiger partial charge in [-0.3, -0.25) is 9.48 Å². The van der Waals surface area contributed by atoms with Crippen LogP contribution in [-0.2, 0) is 6.67 Å². The number of hydrazone groups is 1. The zero-order chi connectivity index (χ0) is 20.8. The van der Waals surface area contributed by atoms with Crippen LogP contribution in [-0.4, -0.2) is 59.9 Å². The Labute approximate surface area is 161 Å². The van der Waals surface area contributed by atoms with E-state index in [1.54, 1.807) is 13.8 Å². The second-order valence-corrected chi connectivity index (χ2v) is 6.61. The maximum Gasteiger partial charge on any atom is 0.297 e. The molecule has 1 amide bonds. The third-order valence-corrected chi connectivity index (χ3v) is 4.81. The predicted octanol–water partition coefficient (Wildman–Crippen LogP) is 2.28. The Morgan fingerprint density at radius 3 is 2.54 bits per heavy atom. The van der Waals surface area contributed by atoms with E-state index in [1.165, 1.54) is 21.6 Å². The number of carbonyl (C=O) groups excluding carboxylic acids is 1. The van der Waals surface area contributed by atoms with Gasteiger partial charge in [-0.05, 0) is 19.9 Å². The molecule has 152 valence electrons. The van der Waals surface area contributed by atoms with Crippen LogP contribution in [0.4, 0.5) is 17.6 Å². The second kappa shape index (κ2) is 7.17. The molecule has 1 aliphatic heterocycles. The molecule has 0 saturated carbocycles. The fraction of sp³-hybridized carbons (Fsp3) is 0.467. The highest BCUT2D eigenvalue weighted by molar-refractivity contribution is 6.31. The van der Waals surface area contributed by atoms with E-state index in [-0.39, 0.29) is 17.4 Å². The molecule has 13 heteroatoms. The van der Waals surface area contributed by atoms with Crippen molar-refractivity contribution in [2.24, 2.45) is 5.10 Å². The number of rotatable bonds is 5. The first-order valence-electron chi connectivity index (χ1n) is 7.98. The fourth-order valence-corrected chi connectivity index (χ4v) is 2.85. The molecule has 2 aromatic rings. The van der Waals surface area contributed by atoms with Crippen molar-refractivity contribution < 1.29 is 27.5 Å². The summed E-state index contributed by atoms with van der Waals surface area (Å²) in [6, 6.07) is 1.19. The molecule has 1 unspecified atom stereocenters. The predicted molar refractivity (Wildman–Crippen MR) is 89.5 cm³/mol. The number of alkyl halides is 4. The number of nitrogens with zero attached hydrogens (tertiary/aromatic N) is 6. The summed E-state index contributed by atoms with van der Waals surface area (Å²) in [6.45, 7) is 3.50. The zero-order valence-corrected chi connectivity index (χ0v) is 15.4. The highest BCUT2D eigenvalue weighted by Gasteiger charge is 2.53. The lowest BCUT2D eigenvalue weighted by Gasteiger charge is -2.29. The van der Waals surface area contributed by atoms with Gasteiger partial charge >= 0.3 is 0 Å². The van der Waals surface area contributed by atoms with Crippen LogP contribution >= 0.6 is 11.6 Å². The van der Waals surface area contributed by atoms with Crippen LogP contribution in [0.25, 0.3) is 0 Å². The van der Waals surface area contributed by atoms with E-state index in [4.69, 9.17) is 11.6 Å². The van der Waals surface area contributed by atoms with Crippen molar-refractivity contribution in [2.75, 3.05) is 0 Å². The first-order chi connectivity index (χ1) is 13.0. The van der Waals surface area contributed by atoms with Crippen molar-refractivity contribution in [2.45, 2.75) is 45.5 Å². The van der Waals surface area contributed by atoms with Crippen LogP contribution in [0, 0.1) is 13.8 Å². The van der Waals surface area contributed by atoms with Crippen molar-refractivity contribution >= 4 is 23.2 Å². The summed E-state index contributed by atoms with van der Waals surface area (Å²) in [6.07, 6.45) is -6.47. The Hall–Kier alpha value is -2.47. The standard InChI is InChI=1S/C15H15ClF4N6O2/c1-7-11(16)8(2)25(21-7)6-24-4-3-9(22-24)13(27)26-15(28,14(19)20)5-10(23-26)12(17)18/h3-4,12,14,28H,5-6H2,1-2H3. The lowest BCUT2D eigenvalue weighted by atomic mass is 10.1. The van der Waals surface area contributed by atoms with Crippen molar-refractivity contribution in [3.8, 4) is 0 Å². The minimum Gasteiger partial charge on any atom is -0.364 e. The Balaban J connectivity index is 1.85. The van der Waals surface area contributed by atoms with E-state index < -0.39 is 36.6 Å². The normalized spacial score (nSPS) is 19.8. The lowest BCUT2D eigenvalue weighted by molar-refractivity contribution is -0.164. The van der Waals surface area contributed by atoms with Crippen molar-refractivity contribution in [3.63, 3.8) is 0 Å². The SMILES string of the molecule is Cc1nn(Cn2ccc(C(=O)N3N=C(C(F)F)CC3(O)C(F)F)n2)c(C)c1Cl. The summed E-state index contributed by atoms with van der Waals surface area (Å²) in [5.41, 5.74) is -3.27. The molecule has 0 radical (unpaired) electrons. The second-order valence-electron chi connectivity index (χ2n) is 6.23. The monoisotopic (exact) mass is 422 g/mol. The molecule has 0 fully saturated rings. The van der Waals surface area contributed by atoms with Gasteiger partial charge in [0.25, 0.3) is 18.8 Å². The van der Waals surface area contributed by atoms with Gasteiger partial charge in [0.05, 0.1) is 16.4 Å². The Morgan fingerprint density at radius 1 is 1.32 bits per heavy atom. The number of amides is 1. The zero-order valence-electron chi connectivity index (χ0n) is 14.7. The topological polar surface area (TPSA) is 88.5 Å². The van der Waals surface area contributed by atoms with Crippen molar-refractivity contribution in [1.82, 2.24) is 24.6 Å². The van der Waals surface area contributed by atoms with Gasteiger partial charge in [0.2, 0.25) is 5.72 Å². The highest BCUT2D eigenvalue weighted by Crippen LogP contribution is 2.34. The molecule has 2 aromatic heterocycles. The molecule has 1 aliphatic rings. The van der Waals surface area contributed by atoms with Gasteiger partial charge in [0.1, 0.15) is 12.4 Å². The molecular weight excluding hydrogens is 408 g/mol. The third-order valence-electron chi connectivity index (χ3n) is 4.26. The van der Waals surface area contributed by atoms with E-state index in [0.29, 0.717) is 16.4 Å². The Bertz CT molecular complexity index is 943. The molecule has 8 nitrogen and oxygen atoms in total. The van der Waals surface area contributed by atoms with E-state index >= 15 is 0 Å². The van der Waals surface area contributed by atoms with Crippen molar-refractivity contribution in [1.29, 1.82) is 0 Å². The Kier molecular flexibility index (Phi) is 5.19. The molecule has 1 atom stereocenters. The third kappa shape index (κ3) is 3.37. The number of aryl methyl sites for hydroxylation is 1. The average Bonchev–Trinajstić information content (AvgIpc) is 3.29. The first-order valence-corrected chi connectivity index (χ1v) is 8.36. The molecular formula is C15H15ClF4N6O2. The summed E-state index contributed by atoms with van der Waals surface area (Å²) in [4.78, 5) is 12.5. The summed E-state index contributed by atoms with van der Waals surface area (Å²) in [5.74, 6) is -1.23. The van der Waals surface area contributed by atoms with Crippen LogP contribution in [0.15, 0.2) is 17.4 Å². The first kappa shape index (κ1) is 20.3. The number of aliphatic hydroxyl groups is 1.